The van der Waals surface area contributed by atoms with Crippen LogP contribution in [0.5, 0.6) is 11.8 Å². The molecule has 0 amide bonds. The van der Waals surface area contributed by atoms with E-state index in [4.69, 9.17) is 9.47 Å². The fourth-order valence-electron chi connectivity index (χ4n) is 1.11. The Kier molecular flexibility index (Phi) is 4.73. The zero-order valence-electron chi connectivity index (χ0n) is 8.74. The summed E-state index contributed by atoms with van der Waals surface area (Å²) in [6.45, 7) is 0. The van der Waals surface area contributed by atoms with E-state index in [0.29, 0.717) is 17.3 Å². The summed E-state index contributed by atoms with van der Waals surface area (Å²) in [4.78, 5) is 7.80. The second-order valence-electron chi connectivity index (χ2n) is 2.56. The molecule has 0 aromatic carbocycles. The standard InChI is InChI=1S/C8H13BrN4O2/c1-10-13-6(9)5-7(14-2)11-4-12-8(5)15-3/h4,6,10,13H,1-3H3/t6-/m0/s1. The molecule has 1 atom stereocenters. The van der Waals surface area contributed by atoms with E-state index in [0.717, 1.165) is 0 Å². The predicted octanol–water partition coefficient (Wildman–Crippen LogP) is 0.611. The molecule has 0 fully saturated rings. The summed E-state index contributed by atoms with van der Waals surface area (Å²) in [5.74, 6) is 0.929. The average molecular weight is 277 g/mol. The van der Waals surface area contributed by atoms with Gasteiger partial charge < -0.3 is 9.47 Å². The molecule has 1 aromatic heterocycles. The number of nitrogens with one attached hydrogen (secondary N) is 2. The number of hydrazine groups is 1. The van der Waals surface area contributed by atoms with E-state index >= 15 is 0 Å². The number of aromatic nitrogens is 2. The van der Waals surface area contributed by atoms with Crippen LogP contribution >= 0.6 is 15.9 Å². The van der Waals surface area contributed by atoms with Gasteiger partial charge in [0.25, 0.3) is 0 Å². The molecular formula is C8H13BrN4O2. The van der Waals surface area contributed by atoms with E-state index in [1.54, 1.807) is 21.3 Å². The van der Waals surface area contributed by atoms with Gasteiger partial charge in [0, 0.05) is 0 Å². The van der Waals surface area contributed by atoms with Crippen molar-refractivity contribution in [3.8, 4) is 11.8 Å². The van der Waals surface area contributed by atoms with Gasteiger partial charge in [-0.05, 0) is 7.05 Å². The molecule has 15 heavy (non-hydrogen) atoms. The molecule has 0 bridgehead atoms. The second-order valence-corrected chi connectivity index (χ2v) is 3.48. The number of alkyl halides is 1. The Hall–Kier alpha value is -0.920. The lowest BCUT2D eigenvalue weighted by Gasteiger charge is -2.16. The lowest BCUT2D eigenvalue weighted by Crippen LogP contribution is -2.29. The molecule has 0 unspecified atom stereocenters. The van der Waals surface area contributed by atoms with Crippen LogP contribution in [0.15, 0.2) is 6.33 Å². The van der Waals surface area contributed by atoms with Crippen molar-refractivity contribution in [3.63, 3.8) is 0 Å². The quantitative estimate of drug-likeness (QED) is 0.467. The summed E-state index contributed by atoms with van der Waals surface area (Å²) in [5.41, 5.74) is 6.45. The Bertz CT molecular complexity index is 301. The number of methoxy groups -OCH3 is 2. The third-order valence-corrected chi connectivity index (χ3v) is 2.41. The summed E-state index contributed by atoms with van der Waals surface area (Å²) in [7, 11) is 4.85. The fraction of sp³-hybridized carbons (Fsp3) is 0.500. The van der Waals surface area contributed by atoms with Gasteiger partial charge in [-0.2, -0.15) is 0 Å². The Morgan fingerprint density at radius 2 is 1.80 bits per heavy atom. The van der Waals surface area contributed by atoms with Crippen molar-refractivity contribution in [2.75, 3.05) is 21.3 Å². The van der Waals surface area contributed by atoms with Crippen LogP contribution < -0.4 is 20.3 Å². The maximum absolute atomic E-state index is 5.13. The summed E-state index contributed by atoms with van der Waals surface area (Å²) < 4.78 is 10.3. The second kappa shape index (κ2) is 5.84. The van der Waals surface area contributed by atoms with Gasteiger partial charge in [0.15, 0.2) is 0 Å². The molecule has 0 spiro atoms. The minimum Gasteiger partial charge on any atom is -0.481 e. The lowest BCUT2D eigenvalue weighted by atomic mass is 10.3. The van der Waals surface area contributed by atoms with E-state index in [2.05, 4.69) is 36.7 Å². The van der Waals surface area contributed by atoms with Crippen LogP contribution in [-0.2, 0) is 0 Å². The van der Waals surface area contributed by atoms with Gasteiger partial charge in [0.1, 0.15) is 16.8 Å². The highest BCUT2D eigenvalue weighted by Gasteiger charge is 2.20. The first-order chi connectivity index (χ1) is 7.24. The molecule has 0 saturated carbocycles. The molecule has 1 aromatic rings. The number of hydrogen-bond donors (Lipinski definition) is 2. The van der Waals surface area contributed by atoms with Crippen molar-refractivity contribution in [2.24, 2.45) is 0 Å². The first kappa shape index (κ1) is 12.2. The van der Waals surface area contributed by atoms with Gasteiger partial charge in [-0.15, -0.1) is 0 Å². The summed E-state index contributed by atoms with van der Waals surface area (Å²) >= 11 is 3.42. The molecule has 0 aliphatic carbocycles. The molecule has 2 N–H and O–H groups in total. The topological polar surface area (TPSA) is 68.3 Å². The molecule has 0 aliphatic heterocycles. The molecule has 0 saturated heterocycles. The zero-order chi connectivity index (χ0) is 11.3. The van der Waals surface area contributed by atoms with E-state index in [-0.39, 0.29) is 4.95 Å². The predicted molar refractivity (Wildman–Crippen MR) is 59.0 cm³/mol. The first-order valence-electron chi connectivity index (χ1n) is 4.23. The van der Waals surface area contributed by atoms with Gasteiger partial charge in [0.05, 0.1) is 14.2 Å². The van der Waals surface area contributed by atoms with Crippen LogP contribution in [0, 0.1) is 0 Å². The van der Waals surface area contributed by atoms with E-state index < -0.39 is 0 Å². The van der Waals surface area contributed by atoms with Crippen molar-refractivity contribution in [3.05, 3.63) is 11.9 Å². The Labute approximate surface area is 96.5 Å². The van der Waals surface area contributed by atoms with Crippen LogP contribution in [0.4, 0.5) is 0 Å². The van der Waals surface area contributed by atoms with Gasteiger partial charge >= 0.3 is 0 Å². The number of halogens is 1. The first-order valence-corrected chi connectivity index (χ1v) is 5.15. The Morgan fingerprint density at radius 1 is 1.27 bits per heavy atom. The molecule has 7 heteroatoms. The number of rotatable bonds is 5. The van der Waals surface area contributed by atoms with Gasteiger partial charge in [0.2, 0.25) is 11.8 Å². The van der Waals surface area contributed by atoms with E-state index in [1.165, 1.54) is 6.33 Å². The van der Waals surface area contributed by atoms with Crippen LogP contribution in [-0.4, -0.2) is 31.2 Å². The van der Waals surface area contributed by atoms with Gasteiger partial charge in [-0.3, -0.25) is 5.43 Å². The Balaban J connectivity index is 3.09. The highest BCUT2D eigenvalue weighted by atomic mass is 79.9. The monoisotopic (exact) mass is 276 g/mol. The van der Waals surface area contributed by atoms with Crippen LogP contribution in [0.1, 0.15) is 10.5 Å². The third-order valence-electron chi connectivity index (χ3n) is 1.72. The Morgan fingerprint density at radius 3 is 2.20 bits per heavy atom. The van der Waals surface area contributed by atoms with Crippen LogP contribution in [0.25, 0.3) is 0 Å². The zero-order valence-corrected chi connectivity index (χ0v) is 10.3. The number of nitrogens with zero attached hydrogens (tertiary/aromatic N) is 2. The molecule has 1 heterocycles. The van der Waals surface area contributed by atoms with Crippen molar-refractivity contribution < 1.29 is 9.47 Å². The van der Waals surface area contributed by atoms with Crippen molar-refractivity contribution >= 4 is 15.9 Å². The SMILES string of the molecule is CNN[C@H](Br)c1c(OC)ncnc1OC. The molecule has 1 rings (SSSR count). The van der Waals surface area contributed by atoms with Crippen molar-refractivity contribution in [1.82, 2.24) is 20.8 Å². The van der Waals surface area contributed by atoms with E-state index in [1.807, 2.05) is 0 Å². The van der Waals surface area contributed by atoms with Crippen molar-refractivity contribution in [2.45, 2.75) is 4.95 Å². The number of ether oxygens (including phenoxy) is 2. The number of hydrogen-bond acceptors (Lipinski definition) is 6. The molecule has 84 valence electrons. The lowest BCUT2D eigenvalue weighted by molar-refractivity contribution is 0.357. The molecule has 6 nitrogen and oxygen atoms in total. The average Bonchev–Trinajstić information content (AvgIpc) is 2.28. The van der Waals surface area contributed by atoms with Crippen LogP contribution in [0.2, 0.25) is 0 Å². The van der Waals surface area contributed by atoms with Gasteiger partial charge in [-0.25, -0.2) is 15.4 Å². The molecule has 0 aliphatic rings. The van der Waals surface area contributed by atoms with Crippen LogP contribution in [0.3, 0.4) is 0 Å². The minimum atomic E-state index is -0.200. The molecular weight excluding hydrogens is 264 g/mol. The third kappa shape index (κ3) is 2.77. The summed E-state index contributed by atoms with van der Waals surface area (Å²) in [5, 5.41) is 0. The van der Waals surface area contributed by atoms with Crippen molar-refractivity contribution in [1.29, 1.82) is 0 Å². The summed E-state index contributed by atoms with van der Waals surface area (Å²) in [6.07, 6.45) is 1.39. The van der Waals surface area contributed by atoms with Gasteiger partial charge in [-0.1, -0.05) is 15.9 Å². The normalized spacial score (nSPS) is 12.3. The maximum Gasteiger partial charge on any atom is 0.225 e. The largest absolute Gasteiger partial charge is 0.481 e. The summed E-state index contributed by atoms with van der Waals surface area (Å²) in [6, 6.07) is 0. The van der Waals surface area contributed by atoms with E-state index in [9.17, 15) is 0 Å². The minimum absolute atomic E-state index is 0.200. The highest BCUT2D eigenvalue weighted by molar-refractivity contribution is 9.09. The molecule has 0 radical (unpaired) electrons. The highest BCUT2D eigenvalue weighted by Crippen LogP contribution is 2.33. The maximum atomic E-state index is 5.13. The fourth-order valence-corrected chi connectivity index (χ4v) is 1.73. The smallest absolute Gasteiger partial charge is 0.225 e.